The fraction of sp³-hybridized carbons (Fsp3) is 0.0556. The number of rotatable bonds is 3. The number of nitrogens with zero attached hydrogens (tertiary/aromatic N) is 2. The third-order valence-electron chi connectivity index (χ3n) is 3.41. The monoisotopic (exact) mass is 325 g/mol. The summed E-state index contributed by atoms with van der Waals surface area (Å²) in [7, 11) is 0. The third kappa shape index (κ3) is 3.43. The summed E-state index contributed by atoms with van der Waals surface area (Å²) in [6, 6.07) is 11.4. The molecule has 0 aliphatic rings. The number of hydrogen-bond acceptors (Lipinski definition) is 3. The van der Waals surface area contributed by atoms with Gasteiger partial charge in [-0.05, 0) is 49.4 Å². The van der Waals surface area contributed by atoms with Crippen molar-refractivity contribution in [2.24, 2.45) is 0 Å². The van der Waals surface area contributed by atoms with Gasteiger partial charge in [-0.25, -0.2) is 18.7 Å². The van der Waals surface area contributed by atoms with E-state index < -0.39 is 11.7 Å². The molecule has 3 rings (SSSR count). The molecular formula is C18H13F2N3O. The lowest BCUT2D eigenvalue weighted by atomic mass is 10.1. The van der Waals surface area contributed by atoms with Crippen molar-refractivity contribution in [3.8, 4) is 11.4 Å². The number of aryl methyl sites for hydroxylation is 1. The Morgan fingerprint density at radius 1 is 1.04 bits per heavy atom. The Balaban J connectivity index is 1.84. The van der Waals surface area contributed by atoms with Gasteiger partial charge in [0.15, 0.2) is 5.82 Å². The number of nitrogens with one attached hydrogen (secondary N) is 1. The Labute approximate surface area is 137 Å². The molecule has 0 fully saturated rings. The third-order valence-corrected chi connectivity index (χ3v) is 3.41. The van der Waals surface area contributed by atoms with E-state index in [1.54, 1.807) is 25.1 Å². The maximum atomic E-state index is 13.2. The van der Waals surface area contributed by atoms with Gasteiger partial charge in [0.2, 0.25) is 0 Å². The molecule has 1 heterocycles. The van der Waals surface area contributed by atoms with Crippen LogP contribution in [0.2, 0.25) is 0 Å². The van der Waals surface area contributed by atoms with E-state index in [1.165, 1.54) is 36.5 Å². The lowest BCUT2D eigenvalue weighted by Gasteiger charge is -2.08. The second-order valence-corrected chi connectivity index (χ2v) is 5.16. The molecule has 1 amide bonds. The first kappa shape index (κ1) is 15.7. The predicted octanol–water partition coefficient (Wildman–Crippen LogP) is 3.98. The van der Waals surface area contributed by atoms with E-state index in [9.17, 15) is 13.6 Å². The van der Waals surface area contributed by atoms with Crippen LogP contribution >= 0.6 is 0 Å². The van der Waals surface area contributed by atoms with E-state index in [0.717, 1.165) is 0 Å². The van der Waals surface area contributed by atoms with Crippen LogP contribution in [0.15, 0.2) is 54.7 Å². The van der Waals surface area contributed by atoms with Crippen LogP contribution in [-0.2, 0) is 0 Å². The average molecular weight is 325 g/mol. The van der Waals surface area contributed by atoms with Gasteiger partial charge in [-0.2, -0.15) is 0 Å². The molecule has 24 heavy (non-hydrogen) atoms. The van der Waals surface area contributed by atoms with Crippen molar-refractivity contribution in [2.75, 3.05) is 5.32 Å². The van der Waals surface area contributed by atoms with Gasteiger partial charge in [0.25, 0.3) is 5.91 Å². The normalized spacial score (nSPS) is 10.5. The molecule has 0 radical (unpaired) electrons. The highest BCUT2D eigenvalue weighted by Gasteiger charge is 2.13. The fourth-order valence-electron chi connectivity index (χ4n) is 2.19. The molecule has 0 aliphatic carbocycles. The summed E-state index contributed by atoms with van der Waals surface area (Å²) < 4.78 is 26.1. The first-order valence-electron chi connectivity index (χ1n) is 7.19. The van der Waals surface area contributed by atoms with Crippen molar-refractivity contribution in [1.29, 1.82) is 0 Å². The van der Waals surface area contributed by atoms with Gasteiger partial charge in [-0.15, -0.1) is 0 Å². The second kappa shape index (κ2) is 6.54. The van der Waals surface area contributed by atoms with Gasteiger partial charge in [0.1, 0.15) is 11.6 Å². The Hall–Kier alpha value is -3.15. The van der Waals surface area contributed by atoms with Crippen molar-refractivity contribution in [1.82, 2.24) is 9.97 Å². The molecule has 0 atom stereocenters. The van der Waals surface area contributed by atoms with E-state index in [-0.39, 0.29) is 11.4 Å². The Morgan fingerprint density at radius 2 is 1.79 bits per heavy atom. The van der Waals surface area contributed by atoms with Crippen LogP contribution < -0.4 is 5.32 Å². The van der Waals surface area contributed by atoms with Gasteiger partial charge >= 0.3 is 0 Å². The zero-order valence-corrected chi connectivity index (χ0v) is 12.8. The molecule has 0 saturated carbocycles. The molecule has 1 N–H and O–H groups in total. The Bertz CT molecular complexity index is 895. The van der Waals surface area contributed by atoms with Crippen molar-refractivity contribution < 1.29 is 13.6 Å². The minimum absolute atomic E-state index is 0.283. The quantitative estimate of drug-likeness (QED) is 0.792. The molecule has 6 heteroatoms. The average Bonchev–Trinajstić information content (AvgIpc) is 2.55. The summed E-state index contributed by atoms with van der Waals surface area (Å²) in [5, 5.41) is 2.60. The van der Waals surface area contributed by atoms with Crippen molar-refractivity contribution in [3.05, 3.63) is 77.6 Å². The Morgan fingerprint density at radius 3 is 2.46 bits per heavy atom. The maximum Gasteiger partial charge on any atom is 0.259 e. The van der Waals surface area contributed by atoms with E-state index in [4.69, 9.17) is 0 Å². The number of anilines is 1. The highest BCUT2D eigenvalue weighted by molar-refractivity contribution is 6.04. The minimum Gasteiger partial charge on any atom is -0.322 e. The second-order valence-electron chi connectivity index (χ2n) is 5.16. The Kier molecular flexibility index (Phi) is 4.29. The maximum absolute atomic E-state index is 13.2. The molecule has 120 valence electrons. The summed E-state index contributed by atoms with van der Waals surface area (Å²) >= 11 is 0. The topological polar surface area (TPSA) is 54.9 Å². The SMILES string of the molecule is Cc1nc(-c2ccc(F)cc2)ncc1C(=O)Nc1cccc(F)c1. The van der Waals surface area contributed by atoms with Gasteiger partial charge in [-0.1, -0.05) is 6.07 Å². The molecule has 0 aliphatic heterocycles. The van der Waals surface area contributed by atoms with Crippen LogP contribution in [0, 0.1) is 18.6 Å². The van der Waals surface area contributed by atoms with E-state index in [0.29, 0.717) is 22.8 Å². The van der Waals surface area contributed by atoms with Crippen LogP contribution in [0.3, 0.4) is 0 Å². The van der Waals surface area contributed by atoms with Crippen LogP contribution in [-0.4, -0.2) is 15.9 Å². The predicted molar refractivity (Wildman–Crippen MR) is 86.5 cm³/mol. The van der Waals surface area contributed by atoms with Gasteiger partial charge < -0.3 is 5.32 Å². The summed E-state index contributed by atoms with van der Waals surface area (Å²) in [4.78, 5) is 20.7. The number of carbonyl (C=O) groups is 1. The summed E-state index contributed by atoms with van der Waals surface area (Å²) in [5.74, 6) is -0.812. The smallest absolute Gasteiger partial charge is 0.259 e. The lowest BCUT2D eigenvalue weighted by Crippen LogP contribution is -2.15. The van der Waals surface area contributed by atoms with Crippen molar-refractivity contribution >= 4 is 11.6 Å². The van der Waals surface area contributed by atoms with Gasteiger partial charge in [-0.3, -0.25) is 4.79 Å². The standard InChI is InChI=1S/C18H13F2N3O/c1-11-16(18(24)23-15-4-2-3-14(20)9-15)10-21-17(22-11)12-5-7-13(19)8-6-12/h2-10H,1H3,(H,23,24). The van der Waals surface area contributed by atoms with Crippen LogP contribution in [0.5, 0.6) is 0 Å². The number of hydrogen-bond donors (Lipinski definition) is 1. The number of carbonyl (C=O) groups excluding carboxylic acids is 1. The van der Waals surface area contributed by atoms with Crippen LogP contribution in [0.25, 0.3) is 11.4 Å². The molecule has 0 bridgehead atoms. The van der Waals surface area contributed by atoms with Gasteiger partial charge in [0.05, 0.1) is 11.3 Å². The number of halogens is 2. The molecule has 2 aromatic carbocycles. The number of amides is 1. The lowest BCUT2D eigenvalue weighted by molar-refractivity contribution is 0.102. The molecule has 0 unspecified atom stereocenters. The molecular weight excluding hydrogens is 312 g/mol. The molecule has 4 nitrogen and oxygen atoms in total. The largest absolute Gasteiger partial charge is 0.322 e. The molecule has 1 aromatic heterocycles. The van der Waals surface area contributed by atoms with E-state index in [2.05, 4.69) is 15.3 Å². The first-order valence-corrected chi connectivity index (χ1v) is 7.19. The van der Waals surface area contributed by atoms with E-state index in [1.807, 2.05) is 0 Å². The fourth-order valence-corrected chi connectivity index (χ4v) is 2.19. The number of benzene rings is 2. The summed E-state index contributed by atoms with van der Waals surface area (Å²) in [5.41, 5.74) is 1.75. The van der Waals surface area contributed by atoms with Gasteiger partial charge in [0, 0.05) is 17.4 Å². The molecule has 0 saturated heterocycles. The zero-order valence-electron chi connectivity index (χ0n) is 12.8. The first-order chi connectivity index (χ1) is 11.5. The molecule has 0 spiro atoms. The molecule has 3 aromatic rings. The van der Waals surface area contributed by atoms with Crippen molar-refractivity contribution in [2.45, 2.75) is 6.92 Å². The van der Waals surface area contributed by atoms with Crippen LogP contribution in [0.1, 0.15) is 16.1 Å². The zero-order chi connectivity index (χ0) is 17.1. The highest BCUT2D eigenvalue weighted by Crippen LogP contribution is 2.18. The summed E-state index contributed by atoms with van der Waals surface area (Å²) in [6.07, 6.45) is 1.40. The minimum atomic E-state index is -0.438. The number of aromatic nitrogens is 2. The van der Waals surface area contributed by atoms with Crippen molar-refractivity contribution in [3.63, 3.8) is 0 Å². The van der Waals surface area contributed by atoms with Crippen LogP contribution in [0.4, 0.5) is 14.5 Å². The van der Waals surface area contributed by atoms with E-state index >= 15 is 0 Å². The highest BCUT2D eigenvalue weighted by atomic mass is 19.1. The summed E-state index contributed by atoms with van der Waals surface area (Å²) in [6.45, 7) is 1.68.